The van der Waals surface area contributed by atoms with E-state index >= 15 is 0 Å². The predicted molar refractivity (Wildman–Crippen MR) is 75.4 cm³/mol. The third-order valence-corrected chi connectivity index (χ3v) is 3.28. The van der Waals surface area contributed by atoms with Crippen LogP contribution in [0.3, 0.4) is 0 Å². The number of hydrogen-bond donors (Lipinski definition) is 2. The van der Waals surface area contributed by atoms with E-state index in [0.29, 0.717) is 0 Å². The van der Waals surface area contributed by atoms with Gasteiger partial charge in [-0.1, -0.05) is 0 Å². The van der Waals surface area contributed by atoms with Gasteiger partial charge in [0.15, 0.2) is 0 Å². The average molecular weight is 356 g/mol. The first-order chi connectivity index (χ1) is 9.88. The van der Waals surface area contributed by atoms with Gasteiger partial charge in [-0.2, -0.15) is 0 Å². The van der Waals surface area contributed by atoms with Gasteiger partial charge in [0, 0.05) is 11.3 Å². The Labute approximate surface area is 126 Å². The van der Waals surface area contributed by atoms with Crippen molar-refractivity contribution >= 4 is 33.5 Å². The van der Waals surface area contributed by atoms with E-state index in [4.69, 9.17) is 5.11 Å². The van der Waals surface area contributed by atoms with Crippen LogP contribution in [0.1, 0.15) is 20.7 Å². The molecule has 2 aromatic carbocycles. The number of benzene rings is 2. The number of amides is 1. The summed E-state index contributed by atoms with van der Waals surface area (Å²) >= 11 is 2.97. The molecule has 0 aliphatic carbocycles. The Bertz CT molecular complexity index is 734. The highest BCUT2D eigenvalue weighted by molar-refractivity contribution is 9.10. The number of anilines is 1. The first kappa shape index (κ1) is 15.1. The Hall–Kier alpha value is -2.28. The lowest BCUT2D eigenvalue weighted by Gasteiger charge is -2.07. The van der Waals surface area contributed by atoms with Crippen molar-refractivity contribution in [1.29, 1.82) is 0 Å². The Morgan fingerprint density at radius 3 is 2.38 bits per heavy atom. The average Bonchev–Trinajstić information content (AvgIpc) is 2.43. The highest BCUT2D eigenvalue weighted by Gasteiger charge is 2.13. The van der Waals surface area contributed by atoms with Crippen molar-refractivity contribution in [3.8, 4) is 0 Å². The number of rotatable bonds is 3. The third kappa shape index (κ3) is 3.43. The van der Waals surface area contributed by atoms with Crippen molar-refractivity contribution in [3.05, 3.63) is 63.6 Å². The van der Waals surface area contributed by atoms with Crippen LogP contribution in [0.25, 0.3) is 0 Å². The largest absolute Gasteiger partial charge is 0.478 e. The van der Waals surface area contributed by atoms with Crippen molar-refractivity contribution in [1.82, 2.24) is 0 Å². The van der Waals surface area contributed by atoms with Crippen LogP contribution in [0.2, 0.25) is 0 Å². The molecule has 0 saturated carbocycles. The van der Waals surface area contributed by atoms with Gasteiger partial charge in [-0.05, 0) is 52.3 Å². The highest BCUT2D eigenvalue weighted by Crippen LogP contribution is 2.19. The van der Waals surface area contributed by atoms with E-state index in [0.717, 1.165) is 18.2 Å². The molecule has 108 valence electrons. The van der Waals surface area contributed by atoms with E-state index in [1.165, 1.54) is 18.2 Å². The van der Waals surface area contributed by atoms with Crippen LogP contribution in [0, 0.1) is 11.6 Å². The minimum atomic E-state index is -1.45. The van der Waals surface area contributed by atoms with Crippen LogP contribution in [0.5, 0.6) is 0 Å². The fraction of sp³-hybridized carbons (Fsp3) is 0. The topological polar surface area (TPSA) is 66.4 Å². The molecule has 0 aliphatic rings. The molecule has 1 amide bonds. The van der Waals surface area contributed by atoms with Gasteiger partial charge >= 0.3 is 5.97 Å². The fourth-order valence-corrected chi connectivity index (χ4v) is 1.85. The van der Waals surface area contributed by atoms with Gasteiger partial charge in [0.05, 0.1) is 10.0 Å². The smallest absolute Gasteiger partial charge is 0.338 e. The molecule has 4 nitrogen and oxygen atoms in total. The summed E-state index contributed by atoms with van der Waals surface area (Å²) in [4.78, 5) is 22.7. The lowest BCUT2D eigenvalue weighted by Crippen LogP contribution is -2.13. The van der Waals surface area contributed by atoms with Gasteiger partial charge in [0.25, 0.3) is 5.91 Å². The fourth-order valence-electron chi connectivity index (χ4n) is 1.61. The van der Waals surface area contributed by atoms with Gasteiger partial charge in [0.2, 0.25) is 0 Å². The van der Waals surface area contributed by atoms with Gasteiger partial charge in [-0.25, -0.2) is 13.6 Å². The number of hydrogen-bond acceptors (Lipinski definition) is 2. The van der Waals surface area contributed by atoms with Crippen molar-refractivity contribution < 1.29 is 23.5 Å². The summed E-state index contributed by atoms with van der Waals surface area (Å²) in [5.74, 6) is -3.59. The second-order valence-corrected chi connectivity index (χ2v) is 4.94. The quantitative estimate of drug-likeness (QED) is 0.882. The summed E-state index contributed by atoms with van der Waals surface area (Å²) < 4.78 is 26.8. The zero-order valence-corrected chi connectivity index (χ0v) is 11.9. The molecule has 0 radical (unpaired) electrons. The molecule has 0 heterocycles. The first-order valence-electron chi connectivity index (χ1n) is 5.67. The standard InChI is InChI=1S/C14H8BrF2NO3/c15-10-3-1-7(5-12(10)17)13(19)18-8-2-4-11(16)9(6-8)14(20)21/h1-6H,(H,18,19)(H,20,21). The normalized spacial score (nSPS) is 10.2. The molecule has 7 heteroatoms. The summed E-state index contributed by atoms with van der Waals surface area (Å²) in [5, 5.41) is 11.2. The summed E-state index contributed by atoms with van der Waals surface area (Å²) in [6, 6.07) is 6.93. The molecular formula is C14H8BrF2NO3. The third-order valence-electron chi connectivity index (χ3n) is 2.64. The molecule has 0 aliphatic heterocycles. The Kier molecular flexibility index (Phi) is 4.32. The minimum Gasteiger partial charge on any atom is -0.478 e. The second kappa shape index (κ2) is 6.01. The van der Waals surface area contributed by atoms with Crippen LogP contribution < -0.4 is 5.32 Å². The lowest BCUT2D eigenvalue weighted by atomic mass is 10.1. The summed E-state index contributed by atoms with van der Waals surface area (Å²) in [7, 11) is 0. The number of aromatic carboxylic acids is 1. The summed E-state index contributed by atoms with van der Waals surface area (Å²) in [5.41, 5.74) is -0.409. The van der Waals surface area contributed by atoms with E-state index < -0.39 is 29.1 Å². The maximum absolute atomic E-state index is 13.3. The highest BCUT2D eigenvalue weighted by atomic mass is 79.9. The molecule has 2 N–H and O–H groups in total. The Morgan fingerprint density at radius 2 is 1.76 bits per heavy atom. The Balaban J connectivity index is 2.25. The van der Waals surface area contributed by atoms with Crippen molar-refractivity contribution in [2.24, 2.45) is 0 Å². The minimum absolute atomic E-state index is 0.0527. The first-order valence-corrected chi connectivity index (χ1v) is 6.47. The van der Waals surface area contributed by atoms with Gasteiger partial charge in [-0.3, -0.25) is 4.79 Å². The second-order valence-electron chi connectivity index (χ2n) is 4.08. The SMILES string of the molecule is O=C(Nc1ccc(F)c(C(=O)O)c1)c1ccc(Br)c(F)c1. The molecule has 2 aromatic rings. The molecule has 2 rings (SSSR count). The van der Waals surface area contributed by atoms with Crippen LogP contribution >= 0.6 is 15.9 Å². The molecule has 0 saturated heterocycles. The van der Waals surface area contributed by atoms with Crippen LogP contribution in [-0.2, 0) is 0 Å². The van der Waals surface area contributed by atoms with E-state index in [9.17, 15) is 18.4 Å². The van der Waals surface area contributed by atoms with E-state index in [2.05, 4.69) is 21.2 Å². The maximum Gasteiger partial charge on any atom is 0.338 e. The number of carboxylic acid groups (broad SMARTS) is 1. The molecule has 0 unspecified atom stereocenters. The number of carbonyl (C=O) groups excluding carboxylic acids is 1. The van der Waals surface area contributed by atoms with Crippen molar-refractivity contribution in [3.63, 3.8) is 0 Å². The van der Waals surface area contributed by atoms with Gasteiger partial charge < -0.3 is 10.4 Å². The lowest BCUT2D eigenvalue weighted by molar-refractivity contribution is 0.0691. The molecule has 0 aromatic heterocycles. The maximum atomic E-state index is 13.3. The van der Waals surface area contributed by atoms with E-state index in [1.54, 1.807) is 0 Å². The van der Waals surface area contributed by atoms with Gasteiger partial charge in [-0.15, -0.1) is 0 Å². The van der Waals surface area contributed by atoms with E-state index in [-0.39, 0.29) is 15.7 Å². The molecular weight excluding hydrogens is 348 g/mol. The van der Waals surface area contributed by atoms with E-state index in [1.807, 2.05) is 0 Å². The van der Waals surface area contributed by atoms with Crippen LogP contribution in [-0.4, -0.2) is 17.0 Å². The van der Waals surface area contributed by atoms with Crippen LogP contribution in [0.4, 0.5) is 14.5 Å². The zero-order valence-electron chi connectivity index (χ0n) is 10.4. The van der Waals surface area contributed by atoms with Crippen molar-refractivity contribution in [2.45, 2.75) is 0 Å². The molecule has 0 bridgehead atoms. The number of carboxylic acids is 1. The number of nitrogens with one attached hydrogen (secondary N) is 1. The Morgan fingerprint density at radius 1 is 1.05 bits per heavy atom. The molecule has 0 fully saturated rings. The number of carbonyl (C=O) groups is 2. The number of halogens is 3. The summed E-state index contributed by atoms with van der Waals surface area (Å²) in [6.45, 7) is 0. The molecule has 0 atom stereocenters. The predicted octanol–water partition coefficient (Wildman–Crippen LogP) is 3.68. The summed E-state index contributed by atoms with van der Waals surface area (Å²) in [6.07, 6.45) is 0. The van der Waals surface area contributed by atoms with Gasteiger partial charge in [0.1, 0.15) is 11.6 Å². The van der Waals surface area contributed by atoms with Crippen molar-refractivity contribution in [2.75, 3.05) is 5.32 Å². The monoisotopic (exact) mass is 355 g/mol. The zero-order chi connectivity index (χ0) is 15.6. The molecule has 0 spiro atoms. The molecule has 21 heavy (non-hydrogen) atoms. The van der Waals surface area contributed by atoms with Crippen LogP contribution in [0.15, 0.2) is 40.9 Å².